The summed E-state index contributed by atoms with van der Waals surface area (Å²) in [6, 6.07) is 7.27. The summed E-state index contributed by atoms with van der Waals surface area (Å²) in [4.78, 5) is 16.2. The first-order chi connectivity index (χ1) is 8.19. The first kappa shape index (κ1) is 12.3. The van der Waals surface area contributed by atoms with Gasteiger partial charge >= 0.3 is 0 Å². The van der Waals surface area contributed by atoms with Crippen molar-refractivity contribution in [3.8, 4) is 0 Å². The Bertz CT molecular complexity index is 539. The number of hydrogen-bond donors (Lipinski definition) is 1. The average molecular weight is 311 g/mol. The number of halogens is 1. The van der Waals surface area contributed by atoms with Crippen LogP contribution in [0.1, 0.15) is 23.0 Å². The second-order valence-electron chi connectivity index (χ2n) is 3.46. The molecule has 17 heavy (non-hydrogen) atoms. The Hall–Kier alpha value is -1.20. The van der Waals surface area contributed by atoms with Gasteiger partial charge in [0, 0.05) is 15.4 Å². The number of carbonyl (C=O) groups excluding carboxylic acids is 1. The number of amides is 1. The molecule has 0 spiro atoms. The number of benzene rings is 1. The molecule has 0 saturated carbocycles. The molecule has 1 aromatic carbocycles. The number of aromatic nitrogens is 1. The molecule has 3 nitrogen and oxygen atoms in total. The summed E-state index contributed by atoms with van der Waals surface area (Å²) in [5, 5.41) is 5.39. The van der Waals surface area contributed by atoms with Crippen LogP contribution in [0.3, 0.4) is 0 Å². The van der Waals surface area contributed by atoms with Crippen LogP contribution in [0, 0.1) is 0 Å². The van der Waals surface area contributed by atoms with Gasteiger partial charge in [-0.05, 0) is 24.6 Å². The fraction of sp³-hybridized carbons (Fsp3) is 0.167. The lowest BCUT2D eigenvalue weighted by Crippen LogP contribution is -2.11. The normalized spacial score (nSPS) is 10.2. The molecule has 0 radical (unpaired) electrons. The standard InChI is InChI=1S/C12H11BrN2OS/c1-2-10-7-17-12(14-10)15-11(16)8-4-3-5-9(13)6-8/h3-7H,2H2,1H3,(H,14,15,16). The van der Waals surface area contributed by atoms with Crippen molar-refractivity contribution in [3.63, 3.8) is 0 Å². The van der Waals surface area contributed by atoms with Crippen LogP contribution < -0.4 is 5.32 Å². The molecule has 1 aromatic heterocycles. The number of aryl methyl sites for hydroxylation is 1. The highest BCUT2D eigenvalue weighted by atomic mass is 79.9. The molecular formula is C12H11BrN2OS. The predicted octanol–water partition coefficient (Wildman–Crippen LogP) is 3.72. The zero-order valence-electron chi connectivity index (χ0n) is 9.24. The highest BCUT2D eigenvalue weighted by Crippen LogP contribution is 2.18. The van der Waals surface area contributed by atoms with Gasteiger partial charge in [0.15, 0.2) is 5.13 Å². The van der Waals surface area contributed by atoms with E-state index in [1.165, 1.54) is 11.3 Å². The van der Waals surface area contributed by atoms with Crippen LogP contribution in [0.25, 0.3) is 0 Å². The molecular weight excluding hydrogens is 300 g/mol. The van der Waals surface area contributed by atoms with Crippen molar-refractivity contribution in [2.45, 2.75) is 13.3 Å². The van der Waals surface area contributed by atoms with Gasteiger partial charge in [-0.15, -0.1) is 11.3 Å². The molecule has 2 rings (SSSR count). The average Bonchev–Trinajstić information content (AvgIpc) is 2.77. The van der Waals surface area contributed by atoms with Crippen molar-refractivity contribution >= 4 is 38.3 Å². The number of carbonyl (C=O) groups is 1. The monoisotopic (exact) mass is 310 g/mol. The summed E-state index contributed by atoms with van der Waals surface area (Å²) in [5.41, 5.74) is 1.62. The summed E-state index contributed by atoms with van der Waals surface area (Å²) in [6.07, 6.45) is 0.878. The van der Waals surface area contributed by atoms with E-state index in [9.17, 15) is 4.79 Å². The quantitative estimate of drug-likeness (QED) is 0.938. The Labute approximate surface area is 112 Å². The highest BCUT2D eigenvalue weighted by Gasteiger charge is 2.08. The Morgan fingerprint density at radius 3 is 3.00 bits per heavy atom. The summed E-state index contributed by atoms with van der Waals surface area (Å²) >= 11 is 4.78. The summed E-state index contributed by atoms with van der Waals surface area (Å²) in [6.45, 7) is 2.04. The SMILES string of the molecule is CCc1csc(NC(=O)c2cccc(Br)c2)n1. The highest BCUT2D eigenvalue weighted by molar-refractivity contribution is 9.10. The molecule has 1 amide bonds. The van der Waals surface area contributed by atoms with E-state index in [2.05, 4.69) is 26.2 Å². The number of nitrogens with zero attached hydrogens (tertiary/aromatic N) is 1. The van der Waals surface area contributed by atoms with Gasteiger partial charge in [-0.25, -0.2) is 4.98 Å². The zero-order valence-corrected chi connectivity index (χ0v) is 11.6. The van der Waals surface area contributed by atoms with Gasteiger partial charge in [0.25, 0.3) is 5.91 Å². The molecule has 2 aromatic rings. The van der Waals surface area contributed by atoms with Gasteiger partial charge in [0.1, 0.15) is 0 Å². The van der Waals surface area contributed by atoms with Crippen LogP contribution in [-0.2, 0) is 6.42 Å². The first-order valence-electron chi connectivity index (χ1n) is 5.20. The van der Waals surface area contributed by atoms with Gasteiger partial charge in [0.05, 0.1) is 5.69 Å². The van der Waals surface area contributed by atoms with Crippen LogP contribution in [-0.4, -0.2) is 10.9 Å². The van der Waals surface area contributed by atoms with E-state index in [1.54, 1.807) is 12.1 Å². The lowest BCUT2D eigenvalue weighted by atomic mass is 10.2. The number of anilines is 1. The molecule has 0 aliphatic rings. The molecule has 5 heteroatoms. The molecule has 0 aliphatic carbocycles. The van der Waals surface area contributed by atoms with Crippen molar-refractivity contribution < 1.29 is 4.79 Å². The smallest absolute Gasteiger partial charge is 0.257 e. The van der Waals surface area contributed by atoms with E-state index in [4.69, 9.17) is 0 Å². The largest absolute Gasteiger partial charge is 0.298 e. The fourth-order valence-electron chi connectivity index (χ4n) is 1.33. The third-order valence-electron chi connectivity index (χ3n) is 2.22. The molecule has 0 unspecified atom stereocenters. The third kappa shape index (κ3) is 3.14. The second-order valence-corrected chi connectivity index (χ2v) is 5.24. The van der Waals surface area contributed by atoms with Crippen LogP contribution in [0.2, 0.25) is 0 Å². The Morgan fingerprint density at radius 1 is 1.53 bits per heavy atom. The lowest BCUT2D eigenvalue weighted by Gasteiger charge is -2.01. The Morgan fingerprint density at radius 2 is 2.35 bits per heavy atom. The molecule has 0 aliphatic heterocycles. The summed E-state index contributed by atoms with van der Waals surface area (Å²) < 4.78 is 0.888. The van der Waals surface area contributed by atoms with E-state index >= 15 is 0 Å². The van der Waals surface area contributed by atoms with Gasteiger partial charge in [-0.3, -0.25) is 10.1 Å². The molecule has 0 fully saturated rings. The Balaban J connectivity index is 2.11. The van der Waals surface area contributed by atoms with E-state index < -0.39 is 0 Å². The van der Waals surface area contributed by atoms with Crippen LogP contribution >= 0.6 is 27.3 Å². The van der Waals surface area contributed by atoms with Crippen molar-refractivity contribution in [2.24, 2.45) is 0 Å². The van der Waals surface area contributed by atoms with Gasteiger partial charge in [-0.1, -0.05) is 28.9 Å². The van der Waals surface area contributed by atoms with E-state index in [-0.39, 0.29) is 5.91 Å². The molecule has 1 heterocycles. The van der Waals surface area contributed by atoms with Crippen LogP contribution in [0.15, 0.2) is 34.1 Å². The second kappa shape index (κ2) is 5.42. The maximum absolute atomic E-state index is 11.9. The van der Waals surface area contributed by atoms with Gasteiger partial charge in [-0.2, -0.15) is 0 Å². The van der Waals surface area contributed by atoms with E-state index in [0.717, 1.165) is 16.6 Å². The molecule has 0 saturated heterocycles. The number of nitrogens with one attached hydrogen (secondary N) is 1. The van der Waals surface area contributed by atoms with E-state index in [0.29, 0.717) is 10.7 Å². The third-order valence-corrected chi connectivity index (χ3v) is 3.52. The summed E-state index contributed by atoms with van der Waals surface area (Å²) in [5.74, 6) is -0.136. The van der Waals surface area contributed by atoms with Crippen molar-refractivity contribution in [1.82, 2.24) is 4.98 Å². The first-order valence-corrected chi connectivity index (χ1v) is 6.87. The van der Waals surface area contributed by atoms with Crippen LogP contribution in [0.4, 0.5) is 5.13 Å². The molecule has 0 atom stereocenters. The minimum atomic E-state index is -0.136. The predicted molar refractivity (Wildman–Crippen MR) is 73.6 cm³/mol. The maximum atomic E-state index is 11.9. The number of thiazole rings is 1. The molecule has 88 valence electrons. The maximum Gasteiger partial charge on any atom is 0.257 e. The van der Waals surface area contributed by atoms with Gasteiger partial charge in [0.2, 0.25) is 0 Å². The zero-order chi connectivity index (χ0) is 12.3. The number of rotatable bonds is 3. The fourth-order valence-corrected chi connectivity index (χ4v) is 2.51. The van der Waals surface area contributed by atoms with Crippen LogP contribution in [0.5, 0.6) is 0 Å². The minimum Gasteiger partial charge on any atom is -0.298 e. The van der Waals surface area contributed by atoms with Crippen molar-refractivity contribution in [3.05, 3.63) is 45.4 Å². The number of hydrogen-bond acceptors (Lipinski definition) is 3. The summed E-state index contributed by atoms with van der Waals surface area (Å²) in [7, 11) is 0. The molecule has 1 N–H and O–H groups in total. The topological polar surface area (TPSA) is 42.0 Å². The molecule has 0 bridgehead atoms. The lowest BCUT2D eigenvalue weighted by molar-refractivity contribution is 0.102. The van der Waals surface area contributed by atoms with Gasteiger partial charge < -0.3 is 0 Å². The van der Waals surface area contributed by atoms with Crippen molar-refractivity contribution in [1.29, 1.82) is 0 Å². The van der Waals surface area contributed by atoms with E-state index in [1.807, 2.05) is 24.4 Å². The minimum absolute atomic E-state index is 0.136. The van der Waals surface area contributed by atoms with Crippen molar-refractivity contribution in [2.75, 3.05) is 5.32 Å². The Kier molecular flexibility index (Phi) is 3.91.